The number of fused-ring (bicyclic) bond motifs is 1. The van der Waals surface area contributed by atoms with Crippen LogP contribution in [0.1, 0.15) is 31.2 Å². The molecular weight excluding hydrogens is 230 g/mol. The summed E-state index contributed by atoms with van der Waals surface area (Å²) in [6, 6.07) is 2.04. The molecule has 1 unspecified atom stereocenters. The average Bonchev–Trinajstić information content (AvgIpc) is 2.22. The molecule has 1 atom stereocenters. The van der Waals surface area contributed by atoms with Gasteiger partial charge >= 0.3 is 0 Å². The Kier molecular flexibility index (Phi) is 1.96. The van der Waals surface area contributed by atoms with Gasteiger partial charge in [0.2, 0.25) is 0 Å². The normalized spacial score (nSPS) is 24.5. The third kappa shape index (κ3) is 1.40. The second-order valence-corrected chi connectivity index (χ2v) is 5.18. The Bertz CT molecular complexity index is 349. The van der Waals surface area contributed by atoms with Crippen molar-refractivity contribution < 1.29 is 5.11 Å². The van der Waals surface area contributed by atoms with Crippen molar-refractivity contribution >= 4 is 15.9 Å². The van der Waals surface area contributed by atoms with Gasteiger partial charge in [-0.1, -0.05) is 13.8 Å². The van der Waals surface area contributed by atoms with Gasteiger partial charge in [-0.15, -0.1) is 0 Å². The Balaban J connectivity index is 2.50. The molecule has 1 aliphatic rings. The topological polar surface area (TPSA) is 33.1 Å². The maximum atomic E-state index is 9.92. The highest BCUT2D eigenvalue weighted by Crippen LogP contribution is 2.44. The van der Waals surface area contributed by atoms with Crippen LogP contribution in [0.25, 0.3) is 0 Å². The Morgan fingerprint density at radius 1 is 1.62 bits per heavy atom. The number of pyridine rings is 1. The summed E-state index contributed by atoms with van der Waals surface area (Å²) in [5, 5.41) is 9.92. The molecule has 0 saturated heterocycles. The van der Waals surface area contributed by atoms with Crippen molar-refractivity contribution in [3.63, 3.8) is 0 Å². The van der Waals surface area contributed by atoms with E-state index in [2.05, 4.69) is 34.8 Å². The van der Waals surface area contributed by atoms with Crippen LogP contribution in [-0.4, -0.2) is 10.1 Å². The summed E-state index contributed by atoms with van der Waals surface area (Å²) in [6.07, 6.45) is 2.22. The second-order valence-electron chi connectivity index (χ2n) is 4.27. The Hall–Kier alpha value is -0.410. The maximum absolute atomic E-state index is 9.92. The Labute approximate surface area is 86.1 Å². The van der Waals surface area contributed by atoms with E-state index in [-0.39, 0.29) is 5.41 Å². The maximum Gasteiger partial charge on any atom is 0.102 e. The monoisotopic (exact) mass is 241 g/mol. The number of aromatic nitrogens is 1. The molecule has 0 radical (unpaired) electrons. The van der Waals surface area contributed by atoms with Gasteiger partial charge in [0.1, 0.15) is 6.10 Å². The van der Waals surface area contributed by atoms with Gasteiger partial charge < -0.3 is 5.11 Å². The van der Waals surface area contributed by atoms with Crippen LogP contribution in [0.5, 0.6) is 0 Å². The molecule has 1 heterocycles. The molecule has 0 bridgehead atoms. The van der Waals surface area contributed by atoms with Crippen LogP contribution in [0.3, 0.4) is 0 Å². The Morgan fingerprint density at radius 3 is 3.00 bits per heavy atom. The van der Waals surface area contributed by atoms with Crippen molar-refractivity contribution in [3.8, 4) is 0 Å². The van der Waals surface area contributed by atoms with Gasteiger partial charge in [0.25, 0.3) is 0 Å². The second kappa shape index (κ2) is 2.79. The van der Waals surface area contributed by atoms with Crippen LogP contribution >= 0.6 is 15.9 Å². The highest BCUT2D eigenvalue weighted by Gasteiger charge is 2.38. The zero-order valence-corrected chi connectivity index (χ0v) is 9.30. The molecule has 2 rings (SSSR count). The number of aliphatic hydroxyl groups excluding tert-OH is 1. The zero-order valence-electron chi connectivity index (χ0n) is 7.71. The molecule has 0 spiro atoms. The first-order valence-corrected chi connectivity index (χ1v) is 5.12. The summed E-state index contributed by atoms with van der Waals surface area (Å²) in [7, 11) is 0. The van der Waals surface area contributed by atoms with Crippen molar-refractivity contribution in [2.75, 3.05) is 0 Å². The fourth-order valence-corrected chi connectivity index (χ4v) is 2.22. The van der Waals surface area contributed by atoms with Gasteiger partial charge in [0.15, 0.2) is 0 Å². The predicted octanol–water partition coefficient (Wildman–Crippen LogP) is 2.46. The van der Waals surface area contributed by atoms with Crippen LogP contribution in [0.15, 0.2) is 16.7 Å². The van der Waals surface area contributed by atoms with E-state index in [1.165, 1.54) is 0 Å². The van der Waals surface area contributed by atoms with Crippen LogP contribution in [0.4, 0.5) is 0 Å². The lowest BCUT2D eigenvalue weighted by molar-refractivity contribution is 0.0636. The van der Waals surface area contributed by atoms with E-state index in [0.29, 0.717) is 0 Å². The van der Waals surface area contributed by atoms with Crippen LogP contribution < -0.4 is 0 Å². The summed E-state index contributed by atoms with van der Waals surface area (Å²) < 4.78 is 0.983. The number of aliphatic hydroxyl groups is 1. The lowest BCUT2D eigenvalue weighted by Gasteiger charge is -2.21. The van der Waals surface area contributed by atoms with Crippen LogP contribution in [-0.2, 0) is 6.42 Å². The van der Waals surface area contributed by atoms with Crippen LogP contribution in [0, 0.1) is 5.41 Å². The minimum atomic E-state index is -0.421. The summed E-state index contributed by atoms with van der Waals surface area (Å²) in [5.41, 5.74) is 1.93. The average molecular weight is 242 g/mol. The number of rotatable bonds is 0. The lowest BCUT2D eigenvalue weighted by atomic mass is 9.88. The molecular formula is C10H12BrNO. The first kappa shape index (κ1) is 9.16. The van der Waals surface area contributed by atoms with E-state index in [0.717, 1.165) is 22.2 Å². The standard InChI is InChI=1S/C10H12BrNO/c1-10(2)4-6-3-7(11)5-12-8(6)9(10)13/h3,5,9,13H,4H2,1-2H3. The number of halogens is 1. The summed E-state index contributed by atoms with van der Waals surface area (Å²) in [5.74, 6) is 0. The van der Waals surface area contributed by atoms with E-state index in [1.54, 1.807) is 6.20 Å². The molecule has 2 nitrogen and oxygen atoms in total. The molecule has 0 saturated carbocycles. The number of hydrogen-bond donors (Lipinski definition) is 1. The summed E-state index contributed by atoms with van der Waals surface area (Å²) in [6.45, 7) is 4.13. The van der Waals surface area contributed by atoms with Gasteiger partial charge in [-0.3, -0.25) is 4.98 Å². The molecule has 0 fully saturated rings. The third-order valence-electron chi connectivity index (χ3n) is 2.61. The van der Waals surface area contributed by atoms with Crippen LogP contribution in [0.2, 0.25) is 0 Å². The van der Waals surface area contributed by atoms with Crippen molar-refractivity contribution in [1.29, 1.82) is 0 Å². The van der Waals surface area contributed by atoms with E-state index in [1.807, 2.05) is 6.07 Å². The minimum Gasteiger partial charge on any atom is -0.386 e. The first-order chi connectivity index (χ1) is 6.00. The molecule has 0 amide bonds. The highest BCUT2D eigenvalue weighted by molar-refractivity contribution is 9.10. The molecule has 3 heteroatoms. The van der Waals surface area contributed by atoms with E-state index < -0.39 is 6.10 Å². The third-order valence-corrected chi connectivity index (χ3v) is 3.05. The smallest absolute Gasteiger partial charge is 0.102 e. The molecule has 1 aromatic heterocycles. The molecule has 0 aliphatic heterocycles. The highest BCUT2D eigenvalue weighted by atomic mass is 79.9. The van der Waals surface area contributed by atoms with Gasteiger partial charge in [0, 0.05) is 16.1 Å². The minimum absolute atomic E-state index is 0.0733. The molecule has 70 valence electrons. The first-order valence-electron chi connectivity index (χ1n) is 4.33. The molecule has 0 aromatic carbocycles. The largest absolute Gasteiger partial charge is 0.386 e. The van der Waals surface area contributed by atoms with Gasteiger partial charge in [-0.05, 0) is 34.0 Å². The fraction of sp³-hybridized carbons (Fsp3) is 0.500. The molecule has 13 heavy (non-hydrogen) atoms. The SMILES string of the molecule is CC1(C)Cc2cc(Br)cnc2C1O. The van der Waals surface area contributed by atoms with Gasteiger partial charge in [-0.2, -0.15) is 0 Å². The summed E-state index contributed by atoms with van der Waals surface area (Å²) >= 11 is 3.38. The van der Waals surface area contributed by atoms with E-state index in [4.69, 9.17) is 0 Å². The molecule has 1 aliphatic carbocycles. The van der Waals surface area contributed by atoms with E-state index in [9.17, 15) is 5.11 Å². The summed E-state index contributed by atoms with van der Waals surface area (Å²) in [4.78, 5) is 4.24. The zero-order chi connectivity index (χ0) is 9.64. The number of nitrogens with zero attached hydrogens (tertiary/aromatic N) is 1. The van der Waals surface area contributed by atoms with Crippen molar-refractivity contribution in [1.82, 2.24) is 4.98 Å². The van der Waals surface area contributed by atoms with Gasteiger partial charge in [-0.25, -0.2) is 0 Å². The predicted molar refractivity (Wildman–Crippen MR) is 54.4 cm³/mol. The lowest BCUT2D eigenvalue weighted by Crippen LogP contribution is -2.17. The van der Waals surface area contributed by atoms with E-state index >= 15 is 0 Å². The quantitative estimate of drug-likeness (QED) is 0.758. The molecule has 1 N–H and O–H groups in total. The van der Waals surface area contributed by atoms with Crippen molar-refractivity contribution in [3.05, 3.63) is 28.0 Å². The van der Waals surface area contributed by atoms with Crippen molar-refractivity contribution in [2.24, 2.45) is 5.41 Å². The Morgan fingerprint density at radius 2 is 2.31 bits per heavy atom. The number of hydrogen-bond acceptors (Lipinski definition) is 2. The fourth-order valence-electron chi connectivity index (χ4n) is 1.84. The molecule has 1 aromatic rings. The van der Waals surface area contributed by atoms with Crippen molar-refractivity contribution in [2.45, 2.75) is 26.4 Å². The van der Waals surface area contributed by atoms with Gasteiger partial charge in [0.05, 0.1) is 5.69 Å².